The van der Waals surface area contributed by atoms with Crippen LogP contribution in [0.3, 0.4) is 0 Å². The van der Waals surface area contributed by atoms with Crippen molar-refractivity contribution >= 4 is 0 Å². The van der Waals surface area contributed by atoms with Crippen LogP contribution in [-0.4, -0.2) is 34.0 Å². The second-order valence-corrected chi connectivity index (χ2v) is 5.46. The van der Waals surface area contributed by atoms with Gasteiger partial charge in [-0.3, -0.25) is 0 Å². The summed E-state index contributed by atoms with van der Waals surface area (Å²) in [5.41, 5.74) is 2.81. The van der Waals surface area contributed by atoms with Crippen LogP contribution in [0.2, 0.25) is 0 Å². The number of aliphatic hydroxyl groups is 1. The third-order valence-corrected chi connectivity index (χ3v) is 4.34. The summed E-state index contributed by atoms with van der Waals surface area (Å²) in [5.74, 6) is -0.277. The summed E-state index contributed by atoms with van der Waals surface area (Å²) < 4.78 is 21.1. The van der Waals surface area contributed by atoms with Crippen molar-refractivity contribution < 1.29 is 14.2 Å². The fourth-order valence-corrected chi connectivity index (χ4v) is 3.38. The lowest BCUT2D eigenvalue weighted by atomic mass is 9.86. The highest BCUT2D eigenvalue weighted by Gasteiger charge is 2.39. The zero-order chi connectivity index (χ0) is 13.7. The Labute approximate surface area is 115 Å². The number of fused-ring (bicyclic) bond motifs is 3. The summed E-state index contributed by atoms with van der Waals surface area (Å²) in [5, 5.41) is 10.3. The second-order valence-electron chi connectivity index (χ2n) is 5.46. The van der Waals surface area contributed by atoms with E-state index in [1.165, 1.54) is 6.07 Å². The Morgan fingerprint density at radius 3 is 3.15 bits per heavy atom. The third-order valence-electron chi connectivity index (χ3n) is 4.34. The van der Waals surface area contributed by atoms with Gasteiger partial charge in [-0.05, 0) is 24.1 Å². The molecule has 5 heteroatoms. The van der Waals surface area contributed by atoms with E-state index < -0.39 is 6.10 Å². The molecule has 2 aliphatic heterocycles. The first kappa shape index (κ1) is 12.1. The number of halogens is 1. The maximum Gasteiger partial charge on any atom is 0.123 e. The van der Waals surface area contributed by atoms with Gasteiger partial charge in [-0.25, -0.2) is 9.37 Å². The summed E-state index contributed by atoms with van der Waals surface area (Å²) in [6, 6.07) is 4.79. The molecule has 1 aromatic carbocycles. The van der Waals surface area contributed by atoms with Crippen LogP contribution in [0.4, 0.5) is 4.39 Å². The molecule has 3 heterocycles. The zero-order valence-electron chi connectivity index (χ0n) is 10.9. The van der Waals surface area contributed by atoms with E-state index in [0.717, 1.165) is 16.8 Å². The molecule has 0 bridgehead atoms. The Hall–Kier alpha value is -1.72. The van der Waals surface area contributed by atoms with Crippen LogP contribution < -0.4 is 0 Å². The average molecular weight is 274 g/mol. The van der Waals surface area contributed by atoms with Gasteiger partial charge in [0.2, 0.25) is 0 Å². The standard InChI is InChI=1S/C15H15FN2O2/c16-9-1-2-10-11(5-9)13-6-17-8-18(13)15(10)12-7-20-4-3-14(12)19/h1-2,5-6,8,12,14-15,19H,3-4,7H2. The van der Waals surface area contributed by atoms with Crippen LogP contribution in [0.15, 0.2) is 30.7 Å². The first-order valence-corrected chi connectivity index (χ1v) is 6.83. The minimum Gasteiger partial charge on any atom is -0.393 e. The first-order valence-electron chi connectivity index (χ1n) is 6.83. The van der Waals surface area contributed by atoms with E-state index in [-0.39, 0.29) is 17.8 Å². The summed E-state index contributed by atoms with van der Waals surface area (Å²) >= 11 is 0. The molecule has 4 nitrogen and oxygen atoms in total. The third kappa shape index (κ3) is 1.63. The minimum absolute atomic E-state index is 0.0246. The molecule has 2 aliphatic rings. The predicted molar refractivity (Wildman–Crippen MR) is 70.7 cm³/mol. The Kier molecular flexibility index (Phi) is 2.65. The Morgan fingerprint density at radius 1 is 1.40 bits per heavy atom. The van der Waals surface area contributed by atoms with Crippen molar-refractivity contribution in [3.8, 4) is 11.3 Å². The van der Waals surface area contributed by atoms with Gasteiger partial charge in [0.15, 0.2) is 0 Å². The number of imidazole rings is 1. The maximum absolute atomic E-state index is 13.5. The minimum atomic E-state index is -0.403. The van der Waals surface area contributed by atoms with Crippen LogP contribution in [0.1, 0.15) is 18.0 Å². The lowest BCUT2D eigenvalue weighted by Crippen LogP contribution is -2.37. The van der Waals surface area contributed by atoms with E-state index in [9.17, 15) is 9.50 Å². The summed E-state index contributed by atoms with van der Waals surface area (Å²) in [6.07, 6.45) is 3.73. The van der Waals surface area contributed by atoms with Crippen molar-refractivity contribution in [2.24, 2.45) is 5.92 Å². The lowest BCUT2D eigenvalue weighted by Gasteiger charge is -2.33. The number of rotatable bonds is 1. The van der Waals surface area contributed by atoms with Crippen molar-refractivity contribution in [3.63, 3.8) is 0 Å². The van der Waals surface area contributed by atoms with E-state index in [4.69, 9.17) is 4.74 Å². The molecule has 20 heavy (non-hydrogen) atoms. The number of aliphatic hydroxyl groups excluding tert-OH is 1. The van der Waals surface area contributed by atoms with Gasteiger partial charge in [0.25, 0.3) is 0 Å². The summed E-state index contributed by atoms with van der Waals surface area (Å²) in [7, 11) is 0. The molecule has 3 unspecified atom stereocenters. The molecule has 104 valence electrons. The van der Waals surface area contributed by atoms with Crippen molar-refractivity contribution in [1.82, 2.24) is 9.55 Å². The normalized spacial score (nSPS) is 28.2. The molecule has 1 N–H and O–H groups in total. The highest BCUT2D eigenvalue weighted by molar-refractivity contribution is 5.69. The Bertz CT molecular complexity index is 655. The van der Waals surface area contributed by atoms with Gasteiger partial charge in [-0.15, -0.1) is 0 Å². The number of hydrogen-bond acceptors (Lipinski definition) is 3. The van der Waals surface area contributed by atoms with E-state index in [2.05, 4.69) is 4.98 Å². The quantitative estimate of drug-likeness (QED) is 0.865. The molecule has 0 saturated carbocycles. The van der Waals surface area contributed by atoms with Crippen LogP contribution in [0.25, 0.3) is 11.3 Å². The highest BCUT2D eigenvalue weighted by Crippen LogP contribution is 2.45. The van der Waals surface area contributed by atoms with Crippen molar-refractivity contribution in [2.75, 3.05) is 13.2 Å². The fraction of sp³-hybridized carbons (Fsp3) is 0.400. The fourth-order valence-electron chi connectivity index (χ4n) is 3.38. The molecule has 3 atom stereocenters. The largest absolute Gasteiger partial charge is 0.393 e. The smallest absolute Gasteiger partial charge is 0.123 e. The molecule has 4 rings (SSSR count). The summed E-state index contributed by atoms with van der Waals surface area (Å²) in [6.45, 7) is 1.11. The van der Waals surface area contributed by atoms with Gasteiger partial charge < -0.3 is 14.4 Å². The molecule has 0 amide bonds. The Balaban J connectivity index is 1.85. The van der Waals surface area contributed by atoms with Gasteiger partial charge in [-0.1, -0.05) is 6.07 Å². The molecule has 0 aliphatic carbocycles. The number of aromatic nitrogens is 2. The molecular formula is C15H15FN2O2. The SMILES string of the molecule is OC1CCOCC1C1c2ccc(F)cc2-c2cncn21. The highest BCUT2D eigenvalue weighted by atomic mass is 19.1. The van der Waals surface area contributed by atoms with Gasteiger partial charge in [0, 0.05) is 18.1 Å². The number of hydrogen-bond donors (Lipinski definition) is 1. The van der Waals surface area contributed by atoms with Crippen molar-refractivity contribution in [3.05, 3.63) is 42.1 Å². The molecular weight excluding hydrogens is 259 g/mol. The molecule has 0 radical (unpaired) electrons. The molecule has 1 saturated heterocycles. The molecule has 0 spiro atoms. The Morgan fingerprint density at radius 2 is 2.30 bits per heavy atom. The lowest BCUT2D eigenvalue weighted by molar-refractivity contribution is -0.0481. The predicted octanol–water partition coefficient (Wildman–Crippen LogP) is 1.99. The molecule has 1 fully saturated rings. The molecule has 1 aromatic heterocycles. The van der Waals surface area contributed by atoms with Gasteiger partial charge in [0.05, 0.1) is 37.0 Å². The van der Waals surface area contributed by atoms with Gasteiger partial charge in [0.1, 0.15) is 5.82 Å². The van der Waals surface area contributed by atoms with E-state index >= 15 is 0 Å². The average Bonchev–Trinajstić information content (AvgIpc) is 3.00. The van der Waals surface area contributed by atoms with Gasteiger partial charge in [-0.2, -0.15) is 0 Å². The topological polar surface area (TPSA) is 47.3 Å². The van der Waals surface area contributed by atoms with Crippen molar-refractivity contribution in [2.45, 2.75) is 18.6 Å². The van der Waals surface area contributed by atoms with E-state index in [0.29, 0.717) is 19.6 Å². The van der Waals surface area contributed by atoms with Crippen LogP contribution in [0, 0.1) is 11.7 Å². The molecule has 2 aromatic rings. The number of nitrogens with zero attached hydrogens (tertiary/aromatic N) is 2. The van der Waals surface area contributed by atoms with Crippen molar-refractivity contribution in [1.29, 1.82) is 0 Å². The monoisotopic (exact) mass is 274 g/mol. The van der Waals surface area contributed by atoms with Crippen LogP contribution in [0.5, 0.6) is 0 Å². The van der Waals surface area contributed by atoms with Crippen LogP contribution >= 0.6 is 0 Å². The van der Waals surface area contributed by atoms with Gasteiger partial charge >= 0.3 is 0 Å². The summed E-state index contributed by atoms with van der Waals surface area (Å²) in [4.78, 5) is 4.16. The van der Waals surface area contributed by atoms with Crippen LogP contribution in [-0.2, 0) is 4.74 Å². The maximum atomic E-state index is 13.5. The first-order chi connectivity index (χ1) is 9.75. The second kappa shape index (κ2) is 4.40. The number of ether oxygens (including phenoxy) is 1. The van der Waals surface area contributed by atoms with E-state index in [1.54, 1.807) is 18.6 Å². The number of benzene rings is 1. The van der Waals surface area contributed by atoms with E-state index in [1.807, 2.05) is 10.6 Å². The zero-order valence-corrected chi connectivity index (χ0v) is 10.9.